The summed E-state index contributed by atoms with van der Waals surface area (Å²) in [7, 11) is 0. The topological polar surface area (TPSA) is 40.0 Å². The monoisotopic (exact) mass is 317 g/mol. The lowest BCUT2D eigenvalue weighted by Gasteiger charge is -2.34. The Balaban J connectivity index is 1.78. The highest BCUT2D eigenvalue weighted by Gasteiger charge is 2.22. The van der Waals surface area contributed by atoms with Gasteiger partial charge in [-0.05, 0) is 49.8 Å². The molecule has 0 aliphatic carbocycles. The Hall–Kier alpha value is -2.42. The maximum Gasteiger partial charge on any atom is 0.0925 e. The number of fused-ring (bicyclic) bond motifs is 2. The summed E-state index contributed by atoms with van der Waals surface area (Å²) in [6.07, 6.45) is 3.49. The summed E-state index contributed by atoms with van der Waals surface area (Å²) in [5, 5.41) is 10.5. The van der Waals surface area contributed by atoms with Gasteiger partial charge in [0.15, 0.2) is 0 Å². The number of likely N-dealkylation sites (tertiary alicyclic amines) is 1. The van der Waals surface area contributed by atoms with Crippen LogP contribution in [0.3, 0.4) is 0 Å². The Labute approximate surface area is 142 Å². The first-order valence-corrected chi connectivity index (χ1v) is 8.79. The molecule has 1 aliphatic heterocycles. The van der Waals surface area contributed by atoms with Gasteiger partial charge in [0.05, 0.1) is 16.9 Å². The molecule has 1 atom stereocenters. The minimum Gasteiger partial charge on any atom is -0.361 e. The van der Waals surface area contributed by atoms with Crippen LogP contribution in [0.1, 0.15) is 25.3 Å². The normalized spacial score (nSPS) is 18.2. The standard InChI is InChI=1S/C21H23N3/c1-15(22)24-12-6-7-16(14-24)13-19-17-8-2-4-10-20(17)23-21-11-5-3-9-18(19)21/h2-5,8-11,16,22H,6-7,12-14H2,1H3/t16-/m1/s1. The first-order chi connectivity index (χ1) is 11.7. The Bertz CT molecular complexity index is 846. The lowest BCUT2D eigenvalue weighted by molar-refractivity contribution is 0.255. The molecule has 2 aromatic carbocycles. The van der Waals surface area contributed by atoms with E-state index in [1.54, 1.807) is 0 Å². The minimum absolute atomic E-state index is 0.605. The molecular formula is C21H23N3. The zero-order chi connectivity index (χ0) is 16.5. The summed E-state index contributed by atoms with van der Waals surface area (Å²) in [5.74, 6) is 1.30. The molecule has 4 rings (SSSR count). The Morgan fingerprint density at radius 3 is 2.33 bits per heavy atom. The van der Waals surface area contributed by atoms with Crippen molar-refractivity contribution in [2.24, 2.45) is 5.92 Å². The number of benzene rings is 2. The third kappa shape index (κ3) is 2.75. The van der Waals surface area contributed by atoms with Crippen molar-refractivity contribution >= 4 is 27.6 Å². The molecule has 1 aromatic heterocycles. The van der Waals surface area contributed by atoms with E-state index in [0.717, 1.165) is 30.5 Å². The fraction of sp³-hybridized carbons (Fsp3) is 0.333. The van der Waals surface area contributed by atoms with Crippen LogP contribution in [0.4, 0.5) is 0 Å². The van der Waals surface area contributed by atoms with Crippen LogP contribution in [0.2, 0.25) is 0 Å². The molecule has 0 spiro atoms. The number of nitrogens with zero attached hydrogens (tertiary/aromatic N) is 2. The second kappa shape index (κ2) is 6.23. The molecule has 1 fully saturated rings. The van der Waals surface area contributed by atoms with Crippen molar-refractivity contribution in [3.63, 3.8) is 0 Å². The van der Waals surface area contributed by atoms with Crippen LogP contribution in [0.15, 0.2) is 48.5 Å². The molecule has 0 amide bonds. The molecule has 0 bridgehead atoms. The molecular weight excluding hydrogens is 294 g/mol. The molecule has 3 nitrogen and oxygen atoms in total. The van der Waals surface area contributed by atoms with E-state index in [9.17, 15) is 0 Å². The molecule has 0 radical (unpaired) electrons. The maximum atomic E-state index is 7.94. The number of rotatable bonds is 2. The number of aromatic nitrogens is 1. The van der Waals surface area contributed by atoms with Crippen molar-refractivity contribution in [1.29, 1.82) is 5.41 Å². The van der Waals surface area contributed by atoms with E-state index in [-0.39, 0.29) is 0 Å². The second-order valence-electron chi connectivity index (χ2n) is 6.87. The van der Waals surface area contributed by atoms with E-state index in [2.05, 4.69) is 53.4 Å². The van der Waals surface area contributed by atoms with Gasteiger partial charge in [-0.1, -0.05) is 36.4 Å². The number of piperidine rings is 1. The highest BCUT2D eigenvalue weighted by Crippen LogP contribution is 2.30. The van der Waals surface area contributed by atoms with E-state index in [1.165, 1.54) is 29.2 Å². The third-order valence-electron chi connectivity index (χ3n) is 5.19. The van der Waals surface area contributed by atoms with Crippen molar-refractivity contribution in [1.82, 2.24) is 9.88 Å². The van der Waals surface area contributed by atoms with Crippen LogP contribution < -0.4 is 0 Å². The predicted molar refractivity (Wildman–Crippen MR) is 101 cm³/mol. The summed E-state index contributed by atoms with van der Waals surface area (Å²) in [5.41, 5.74) is 3.59. The molecule has 1 aliphatic rings. The van der Waals surface area contributed by atoms with Gasteiger partial charge in [-0.25, -0.2) is 4.98 Å². The molecule has 1 saturated heterocycles. The molecule has 1 N–H and O–H groups in total. The second-order valence-corrected chi connectivity index (χ2v) is 6.87. The maximum absolute atomic E-state index is 7.94. The minimum atomic E-state index is 0.605. The predicted octanol–water partition coefficient (Wildman–Crippen LogP) is 4.64. The van der Waals surface area contributed by atoms with Gasteiger partial charge in [0.25, 0.3) is 0 Å². The van der Waals surface area contributed by atoms with Gasteiger partial charge in [0.2, 0.25) is 0 Å². The fourth-order valence-corrected chi connectivity index (χ4v) is 3.97. The van der Waals surface area contributed by atoms with Crippen molar-refractivity contribution in [3.8, 4) is 0 Å². The summed E-state index contributed by atoms with van der Waals surface area (Å²) >= 11 is 0. The van der Waals surface area contributed by atoms with E-state index in [4.69, 9.17) is 10.4 Å². The lowest BCUT2D eigenvalue weighted by atomic mass is 9.88. The smallest absolute Gasteiger partial charge is 0.0925 e. The first kappa shape index (κ1) is 15.1. The van der Waals surface area contributed by atoms with Crippen LogP contribution >= 0.6 is 0 Å². The van der Waals surface area contributed by atoms with E-state index < -0.39 is 0 Å². The fourth-order valence-electron chi connectivity index (χ4n) is 3.97. The highest BCUT2D eigenvalue weighted by molar-refractivity contribution is 5.97. The summed E-state index contributed by atoms with van der Waals surface area (Å²) in [6, 6.07) is 17.0. The van der Waals surface area contributed by atoms with E-state index >= 15 is 0 Å². The van der Waals surface area contributed by atoms with Crippen LogP contribution in [0, 0.1) is 11.3 Å². The number of para-hydroxylation sites is 2. The lowest BCUT2D eigenvalue weighted by Crippen LogP contribution is -2.38. The van der Waals surface area contributed by atoms with Crippen molar-refractivity contribution < 1.29 is 0 Å². The number of nitrogens with one attached hydrogen (secondary N) is 1. The van der Waals surface area contributed by atoms with Crippen LogP contribution in [-0.4, -0.2) is 28.8 Å². The molecule has 0 saturated carbocycles. The van der Waals surface area contributed by atoms with E-state index in [1.807, 2.05) is 6.92 Å². The number of hydrogen-bond acceptors (Lipinski definition) is 2. The van der Waals surface area contributed by atoms with Crippen molar-refractivity contribution in [3.05, 3.63) is 54.1 Å². The first-order valence-electron chi connectivity index (χ1n) is 8.79. The largest absolute Gasteiger partial charge is 0.361 e. The summed E-state index contributed by atoms with van der Waals surface area (Å²) in [4.78, 5) is 7.05. The van der Waals surface area contributed by atoms with Crippen molar-refractivity contribution in [2.45, 2.75) is 26.2 Å². The van der Waals surface area contributed by atoms with Gasteiger partial charge in [-0.3, -0.25) is 5.41 Å². The van der Waals surface area contributed by atoms with Gasteiger partial charge in [-0.2, -0.15) is 0 Å². The molecule has 0 unspecified atom stereocenters. The highest BCUT2D eigenvalue weighted by atomic mass is 15.2. The Morgan fingerprint density at radius 2 is 1.71 bits per heavy atom. The average molecular weight is 317 g/mol. The number of pyridine rings is 1. The van der Waals surface area contributed by atoms with Gasteiger partial charge < -0.3 is 4.90 Å². The summed E-state index contributed by atoms with van der Waals surface area (Å²) in [6.45, 7) is 3.93. The molecule has 3 aromatic rings. The number of hydrogen-bond donors (Lipinski definition) is 1. The van der Waals surface area contributed by atoms with Crippen LogP contribution in [0.25, 0.3) is 21.8 Å². The Kier molecular flexibility index (Phi) is 3.93. The zero-order valence-corrected chi connectivity index (χ0v) is 14.1. The number of amidine groups is 1. The van der Waals surface area contributed by atoms with Gasteiger partial charge in [-0.15, -0.1) is 0 Å². The SMILES string of the molecule is CC(=N)N1CCC[C@H](Cc2c3ccccc3nc3ccccc23)C1. The molecule has 2 heterocycles. The zero-order valence-electron chi connectivity index (χ0n) is 14.1. The van der Waals surface area contributed by atoms with Gasteiger partial charge >= 0.3 is 0 Å². The van der Waals surface area contributed by atoms with Crippen LogP contribution in [-0.2, 0) is 6.42 Å². The molecule has 122 valence electrons. The van der Waals surface area contributed by atoms with Crippen molar-refractivity contribution in [2.75, 3.05) is 13.1 Å². The quantitative estimate of drug-likeness (QED) is 0.425. The molecule has 24 heavy (non-hydrogen) atoms. The average Bonchev–Trinajstić information content (AvgIpc) is 2.62. The molecule has 3 heteroatoms. The van der Waals surface area contributed by atoms with Crippen LogP contribution in [0.5, 0.6) is 0 Å². The summed E-state index contributed by atoms with van der Waals surface area (Å²) < 4.78 is 0. The van der Waals surface area contributed by atoms with Gasteiger partial charge in [0.1, 0.15) is 0 Å². The Morgan fingerprint density at radius 1 is 1.08 bits per heavy atom. The van der Waals surface area contributed by atoms with E-state index in [0.29, 0.717) is 11.8 Å². The van der Waals surface area contributed by atoms with Gasteiger partial charge in [0, 0.05) is 23.9 Å². The third-order valence-corrected chi connectivity index (χ3v) is 5.19.